The topological polar surface area (TPSA) is 17.8 Å². The number of fused-ring (bicyclic) bond motifs is 1. The van der Waals surface area contributed by atoms with Crippen LogP contribution in [0, 0.1) is 11.8 Å². The average molecular weight is 300 g/mol. The third kappa shape index (κ3) is 3.12. The lowest BCUT2D eigenvalue weighted by atomic mass is 10.2. The number of rotatable bonds is 1. The van der Waals surface area contributed by atoms with E-state index < -0.39 is 12.7 Å². The Hall–Kier alpha value is -2.74. The van der Waals surface area contributed by atoms with Crippen LogP contribution in [0.3, 0.4) is 0 Å². The van der Waals surface area contributed by atoms with Gasteiger partial charge in [-0.3, -0.25) is 0 Å². The molecule has 3 rings (SSSR count). The normalized spacial score (nSPS) is 11.2. The van der Waals surface area contributed by atoms with Gasteiger partial charge in [-0.1, -0.05) is 36.3 Å². The van der Waals surface area contributed by atoms with Crippen molar-refractivity contribution in [3.05, 3.63) is 66.0 Å². The zero-order valence-corrected chi connectivity index (χ0v) is 11.4. The number of alkyl halides is 3. The molecular weight excluding hydrogens is 289 g/mol. The van der Waals surface area contributed by atoms with E-state index in [1.54, 1.807) is 36.4 Å². The molecule has 0 fully saturated rings. The van der Waals surface area contributed by atoms with Crippen molar-refractivity contribution in [2.75, 3.05) is 0 Å². The fourth-order valence-electron chi connectivity index (χ4n) is 2.16. The molecule has 0 bridgehead atoms. The van der Waals surface area contributed by atoms with Gasteiger partial charge >= 0.3 is 6.18 Å². The molecule has 0 saturated heterocycles. The van der Waals surface area contributed by atoms with Crippen LogP contribution in [0.5, 0.6) is 0 Å². The van der Waals surface area contributed by atoms with E-state index in [1.165, 1.54) is 0 Å². The van der Waals surface area contributed by atoms with Gasteiger partial charge in [0.2, 0.25) is 0 Å². The van der Waals surface area contributed by atoms with Crippen LogP contribution in [0.15, 0.2) is 54.6 Å². The SMILES string of the molecule is FC(F)(F)Cn1c(C#Cc2ccccc2)nc2ccccc21. The van der Waals surface area contributed by atoms with E-state index in [9.17, 15) is 13.2 Å². The molecule has 0 amide bonds. The summed E-state index contributed by atoms with van der Waals surface area (Å²) in [5, 5.41) is 0. The molecular formula is C17H11F3N2. The summed E-state index contributed by atoms with van der Waals surface area (Å²) in [6, 6.07) is 15.8. The van der Waals surface area contributed by atoms with Gasteiger partial charge in [-0.2, -0.15) is 13.2 Å². The van der Waals surface area contributed by atoms with Crippen molar-refractivity contribution in [3.8, 4) is 11.8 Å². The maximum absolute atomic E-state index is 12.8. The summed E-state index contributed by atoms with van der Waals surface area (Å²) in [5.74, 6) is 5.70. The molecule has 0 radical (unpaired) electrons. The number of imidazole rings is 1. The van der Waals surface area contributed by atoms with E-state index in [1.807, 2.05) is 18.2 Å². The first-order chi connectivity index (χ1) is 10.5. The largest absolute Gasteiger partial charge is 0.406 e. The molecule has 1 heterocycles. The molecule has 0 aliphatic carbocycles. The maximum Gasteiger partial charge on any atom is 0.406 e. The molecule has 5 heteroatoms. The minimum absolute atomic E-state index is 0.113. The van der Waals surface area contributed by atoms with Crippen molar-refractivity contribution in [2.24, 2.45) is 0 Å². The van der Waals surface area contributed by atoms with E-state index >= 15 is 0 Å². The first-order valence-corrected chi connectivity index (χ1v) is 6.62. The van der Waals surface area contributed by atoms with Crippen molar-refractivity contribution < 1.29 is 13.2 Å². The standard InChI is InChI=1S/C17H11F3N2/c18-17(19,20)12-22-15-9-5-4-8-14(15)21-16(22)11-10-13-6-2-1-3-7-13/h1-9H,12H2. The van der Waals surface area contributed by atoms with Crippen LogP contribution in [0.25, 0.3) is 11.0 Å². The second-order valence-electron chi connectivity index (χ2n) is 4.74. The Morgan fingerprint density at radius 1 is 0.909 bits per heavy atom. The average Bonchev–Trinajstić information content (AvgIpc) is 2.83. The summed E-state index contributed by atoms with van der Waals surface area (Å²) in [6.07, 6.45) is -4.33. The smallest absolute Gasteiger partial charge is 0.308 e. The fraction of sp³-hybridized carbons (Fsp3) is 0.118. The molecule has 0 unspecified atom stereocenters. The second kappa shape index (κ2) is 5.57. The number of nitrogens with zero attached hydrogens (tertiary/aromatic N) is 2. The van der Waals surface area contributed by atoms with Gasteiger partial charge in [0.1, 0.15) is 6.54 Å². The van der Waals surface area contributed by atoms with Gasteiger partial charge in [0, 0.05) is 5.56 Å². The zero-order chi connectivity index (χ0) is 15.6. The molecule has 22 heavy (non-hydrogen) atoms. The molecule has 0 N–H and O–H groups in total. The summed E-state index contributed by atoms with van der Waals surface area (Å²) >= 11 is 0. The molecule has 0 atom stereocenters. The number of para-hydroxylation sites is 2. The maximum atomic E-state index is 12.8. The third-order valence-electron chi connectivity index (χ3n) is 3.08. The number of halogens is 3. The third-order valence-corrected chi connectivity index (χ3v) is 3.08. The number of benzene rings is 2. The van der Waals surface area contributed by atoms with Gasteiger partial charge in [0.25, 0.3) is 0 Å². The molecule has 3 aromatic rings. The molecule has 2 nitrogen and oxygen atoms in total. The van der Waals surface area contributed by atoms with Gasteiger partial charge in [-0.05, 0) is 30.2 Å². The molecule has 0 aliphatic heterocycles. The Labute approximate surface area is 125 Å². The first kappa shape index (κ1) is 14.2. The van der Waals surface area contributed by atoms with E-state index in [-0.39, 0.29) is 5.82 Å². The van der Waals surface area contributed by atoms with Crippen LogP contribution >= 0.6 is 0 Å². The highest BCUT2D eigenvalue weighted by molar-refractivity contribution is 5.76. The molecule has 0 aliphatic rings. The number of aromatic nitrogens is 2. The summed E-state index contributed by atoms with van der Waals surface area (Å²) < 4.78 is 39.5. The van der Waals surface area contributed by atoms with E-state index in [0.29, 0.717) is 11.0 Å². The highest BCUT2D eigenvalue weighted by atomic mass is 19.4. The highest BCUT2D eigenvalue weighted by Crippen LogP contribution is 2.23. The Bertz CT molecular complexity index is 852. The Morgan fingerprint density at radius 2 is 1.59 bits per heavy atom. The lowest BCUT2D eigenvalue weighted by Gasteiger charge is -2.09. The van der Waals surface area contributed by atoms with Crippen LogP contribution in [-0.2, 0) is 6.54 Å². The number of hydrogen-bond acceptors (Lipinski definition) is 1. The minimum Gasteiger partial charge on any atom is -0.308 e. The Morgan fingerprint density at radius 3 is 2.32 bits per heavy atom. The van der Waals surface area contributed by atoms with Crippen LogP contribution in [-0.4, -0.2) is 15.7 Å². The Kier molecular flexibility index (Phi) is 3.60. The molecule has 0 saturated carbocycles. The summed E-state index contributed by atoms with van der Waals surface area (Å²) in [6.45, 7) is -1.10. The summed E-state index contributed by atoms with van der Waals surface area (Å²) in [5.41, 5.74) is 1.66. The van der Waals surface area contributed by atoms with E-state index in [2.05, 4.69) is 16.8 Å². The molecule has 0 spiro atoms. The zero-order valence-electron chi connectivity index (χ0n) is 11.4. The van der Waals surface area contributed by atoms with Crippen molar-refractivity contribution in [2.45, 2.75) is 12.7 Å². The van der Waals surface area contributed by atoms with Crippen LogP contribution in [0.2, 0.25) is 0 Å². The monoisotopic (exact) mass is 300 g/mol. The van der Waals surface area contributed by atoms with Crippen LogP contribution in [0.1, 0.15) is 11.4 Å². The predicted molar refractivity (Wildman–Crippen MR) is 78.2 cm³/mol. The highest BCUT2D eigenvalue weighted by Gasteiger charge is 2.30. The predicted octanol–water partition coefficient (Wildman–Crippen LogP) is 4.00. The van der Waals surface area contributed by atoms with Gasteiger partial charge in [0.05, 0.1) is 11.0 Å². The van der Waals surface area contributed by atoms with Crippen molar-refractivity contribution in [1.82, 2.24) is 9.55 Å². The fourth-order valence-corrected chi connectivity index (χ4v) is 2.16. The van der Waals surface area contributed by atoms with Crippen LogP contribution < -0.4 is 0 Å². The Balaban J connectivity index is 2.09. The van der Waals surface area contributed by atoms with Gasteiger partial charge in [-0.25, -0.2) is 4.98 Å². The lowest BCUT2D eigenvalue weighted by molar-refractivity contribution is -0.140. The van der Waals surface area contributed by atoms with E-state index in [4.69, 9.17) is 0 Å². The second-order valence-corrected chi connectivity index (χ2v) is 4.74. The van der Waals surface area contributed by atoms with Gasteiger partial charge < -0.3 is 4.57 Å². The molecule has 2 aromatic carbocycles. The summed E-state index contributed by atoms with van der Waals surface area (Å²) in [7, 11) is 0. The van der Waals surface area contributed by atoms with E-state index in [0.717, 1.165) is 10.1 Å². The van der Waals surface area contributed by atoms with Gasteiger partial charge in [0.15, 0.2) is 5.82 Å². The van der Waals surface area contributed by atoms with Crippen LogP contribution in [0.4, 0.5) is 13.2 Å². The lowest BCUT2D eigenvalue weighted by Crippen LogP contribution is -2.18. The molecule has 110 valence electrons. The minimum atomic E-state index is -4.33. The number of hydrogen-bond donors (Lipinski definition) is 0. The van der Waals surface area contributed by atoms with Gasteiger partial charge in [-0.15, -0.1) is 0 Å². The quantitative estimate of drug-likeness (QED) is 0.621. The summed E-state index contributed by atoms with van der Waals surface area (Å²) in [4.78, 5) is 4.20. The van der Waals surface area contributed by atoms with Crippen molar-refractivity contribution in [3.63, 3.8) is 0 Å². The van der Waals surface area contributed by atoms with Crippen molar-refractivity contribution in [1.29, 1.82) is 0 Å². The van der Waals surface area contributed by atoms with Crippen molar-refractivity contribution >= 4 is 11.0 Å². The molecule has 1 aromatic heterocycles. The first-order valence-electron chi connectivity index (χ1n) is 6.62.